The molecule has 1 aliphatic heterocycles. The van der Waals surface area contributed by atoms with Crippen LogP contribution < -0.4 is 14.4 Å². The first-order valence-electron chi connectivity index (χ1n) is 11.8. The summed E-state index contributed by atoms with van der Waals surface area (Å²) in [5, 5.41) is 0. The molecule has 3 rings (SSSR count). The van der Waals surface area contributed by atoms with Gasteiger partial charge in [-0.1, -0.05) is 26.0 Å². The fourth-order valence-corrected chi connectivity index (χ4v) is 4.71. The Bertz CT molecular complexity index is 1160. The van der Waals surface area contributed by atoms with E-state index in [0.29, 0.717) is 5.56 Å². The van der Waals surface area contributed by atoms with E-state index in [1.807, 2.05) is 0 Å². The van der Waals surface area contributed by atoms with Gasteiger partial charge >= 0.3 is 18.1 Å². The summed E-state index contributed by atoms with van der Waals surface area (Å²) in [7, 11) is 0. The Hall–Kier alpha value is -3.69. The number of amides is 2. The number of carbonyl (C=O) groups is 4. The molecule has 4 unspecified atom stereocenters. The first kappa shape index (κ1) is 27.9. The van der Waals surface area contributed by atoms with Crippen LogP contribution in [0.5, 0.6) is 11.5 Å². The van der Waals surface area contributed by atoms with Gasteiger partial charge in [-0.05, 0) is 60.7 Å². The van der Waals surface area contributed by atoms with Crippen LogP contribution in [0.3, 0.4) is 0 Å². The normalized spacial score (nSPS) is 19.5. The maximum Gasteiger partial charge on any atom is 0.391 e. The maximum absolute atomic E-state index is 13.8. The smallest absolute Gasteiger partial charge is 0.391 e. The van der Waals surface area contributed by atoms with Crippen molar-refractivity contribution in [1.82, 2.24) is 0 Å². The Kier molecular flexibility index (Phi) is 8.40. The van der Waals surface area contributed by atoms with Crippen LogP contribution in [-0.2, 0) is 19.2 Å². The van der Waals surface area contributed by atoms with Gasteiger partial charge in [0.05, 0.1) is 17.5 Å². The number of hydrogen-bond donors (Lipinski definition) is 0. The summed E-state index contributed by atoms with van der Waals surface area (Å²) < 4.78 is 51.3. The number of alkyl halides is 3. The van der Waals surface area contributed by atoms with E-state index in [1.54, 1.807) is 0 Å². The molecular formula is C27H28F3NO6. The van der Waals surface area contributed by atoms with Gasteiger partial charge in [-0.2, -0.15) is 13.2 Å². The van der Waals surface area contributed by atoms with Gasteiger partial charge < -0.3 is 9.47 Å². The molecule has 2 amide bonds. The standard InChI is InChI=1S/C27H28F3NO6/c1-5-19(27(28,29)30)14-23(18-6-10-21(11-7-18)36-16(3)32)24-15(2)25(34)31(26(24)35)20-8-12-22(13-9-20)37-17(4)33/h6-13,15,19,23-24H,5,14H2,1-4H3. The van der Waals surface area contributed by atoms with Crippen molar-refractivity contribution < 1.29 is 41.8 Å². The predicted octanol–water partition coefficient (Wildman–Crippen LogP) is 5.43. The minimum absolute atomic E-state index is 0.184. The van der Waals surface area contributed by atoms with Crippen LogP contribution in [0, 0.1) is 17.8 Å². The van der Waals surface area contributed by atoms with Crippen LogP contribution in [0.4, 0.5) is 18.9 Å². The zero-order valence-electron chi connectivity index (χ0n) is 20.9. The highest BCUT2D eigenvalue weighted by Crippen LogP contribution is 2.46. The van der Waals surface area contributed by atoms with E-state index in [1.165, 1.54) is 76.2 Å². The van der Waals surface area contributed by atoms with Gasteiger partial charge in [0.1, 0.15) is 11.5 Å². The van der Waals surface area contributed by atoms with Crippen LogP contribution in [0.15, 0.2) is 48.5 Å². The number of rotatable bonds is 8. The molecule has 0 N–H and O–H groups in total. The number of nitrogens with zero attached hydrogens (tertiary/aromatic N) is 1. The lowest BCUT2D eigenvalue weighted by Crippen LogP contribution is -2.33. The Balaban J connectivity index is 1.99. The maximum atomic E-state index is 13.8. The zero-order valence-corrected chi connectivity index (χ0v) is 20.9. The lowest BCUT2D eigenvalue weighted by atomic mass is 9.74. The molecule has 4 atom stereocenters. The average molecular weight is 520 g/mol. The van der Waals surface area contributed by atoms with Crippen molar-refractivity contribution in [2.75, 3.05) is 4.90 Å². The van der Waals surface area contributed by atoms with Crippen LogP contribution >= 0.6 is 0 Å². The Morgan fingerprint density at radius 2 is 1.38 bits per heavy atom. The highest BCUT2D eigenvalue weighted by Gasteiger charge is 2.51. The summed E-state index contributed by atoms with van der Waals surface area (Å²) in [4.78, 5) is 50.2. The average Bonchev–Trinajstić information content (AvgIpc) is 3.02. The van der Waals surface area contributed by atoms with Gasteiger partial charge in [0, 0.05) is 19.8 Å². The fraction of sp³-hybridized carbons (Fsp3) is 0.407. The van der Waals surface area contributed by atoms with Crippen molar-refractivity contribution in [3.8, 4) is 11.5 Å². The number of benzene rings is 2. The molecule has 7 nitrogen and oxygen atoms in total. The molecule has 0 radical (unpaired) electrons. The van der Waals surface area contributed by atoms with Gasteiger partial charge in [0.25, 0.3) is 0 Å². The molecule has 2 aromatic carbocycles. The van der Waals surface area contributed by atoms with E-state index in [4.69, 9.17) is 9.47 Å². The molecule has 1 heterocycles. The summed E-state index contributed by atoms with van der Waals surface area (Å²) in [6.45, 7) is 5.43. The molecule has 198 valence electrons. The molecule has 0 spiro atoms. The van der Waals surface area contributed by atoms with Gasteiger partial charge in [-0.3, -0.25) is 24.1 Å². The molecule has 0 aromatic heterocycles. The quantitative estimate of drug-likeness (QED) is 0.263. The van der Waals surface area contributed by atoms with Crippen LogP contribution in [0.1, 0.15) is 52.0 Å². The zero-order chi connectivity index (χ0) is 27.5. The summed E-state index contributed by atoms with van der Waals surface area (Å²) in [6, 6.07) is 11.7. The lowest BCUT2D eigenvalue weighted by molar-refractivity contribution is -0.179. The van der Waals surface area contributed by atoms with Gasteiger partial charge in [0.2, 0.25) is 11.8 Å². The Morgan fingerprint density at radius 1 is 0.892 bits per heavy atom. The Morgan fingerprint density at radius 3 is 1.81 bits per heavy atom. The largest absolute Gasteiger partial charge is 0.427 e. The molecule has 0 bridgehead atoms. The second kappa shape index (κ2) is 11.1. The number of imide groups is 1. The van der Waals surface area contributed by atoms with Crippen molar-refractivity contribution in [2.24, 2.45) is 17.8 Å². The molecule has 0 saturated carbocycles. The number of hydrogen-bond acceptors (Lipinski definition) is 6. The highest BCUT2D eigenvalue weighted by molar-refractivity contribution is 6.22. The van der Waals surface area contributed by atoms with E-state index in [0.717, 1.165) is 4.90 Å². The van der Waals surface area contributed by atoms with E-state index < -0.39 is 53.6 Å². The van der Waals surface area contributed by atoms with Gasteiger partial charge in [-0.25, -0.2) is 0 Å². The SMILES string of the molecule is CCC(CC(c1ccc(OC(C)=O)cc1)C1C(=O)N(c2ccc(OC(C)=O)cc2)C(=O)C1C)C(F)(F)F. The van der Waals surface area contributed by atoms with E-state index in [9.17, 15) is 32.3 Å². The predicted molar refractivity (Wildman–Crippen MR) is 128 cm³/mol. The van der Waals surface area contributed by atoms with Crippen LogP contribution in [-0.4, -0.2) is 29.9 Å². The molecule has 37 heavy (non-hydrogen) atoms. The molecule has 1 aliphatic rings. The summed E-state index contributed by atoms with van der Waals surface area (Å²) in [5.41, 5.74) is 0.663. The first-order valence-corrected chi connectivity index (χ1v) is 11.8. The van der Waals surface area contributed by atoms with Crippen molar-refractivity contribution in [2.45, 2.75) is 52.6 Å². The van der Waals surface area contributed by atoms with E-state index >= 15 is 0 Å². The third-order valence-electron chi connectivity index (χ3n) is 6.51. The van der Waals surface area contributed by atoms with E-state index in [-0.39, 0.29) is 30.0 Å². The number of anilines is 1. The van der Waals surface area contributed by atoms with Crippen LogP contribution in [0.2, 0.25) is 0 Å². The molecule has 0 aliphatic carbocycles. The first-order chi connectivity index (χ1) is 17.3. The molecule has 10 heteroatoms. The Labute approximate surface area is 212 Å². The van der Waals surface area contributed by atoms with Crippen molar-refractivity contribution >= 4 is 29.4 Å². The minimum Gasteiger partial charge on any atom is -0.427 e. The van der Waals surface area contributed by atoms with Gasteiger partial charge in [0.15, 0.2) is 0 Å². The third kappa shape index (κ3) is 6.36. The van der Waals surface area contributed by atoms with E-state index in [2.05, 4.69) is 0 Å². The fourth-order valence-electron chi connectivity index (χ4n) is 4.71. The van der Waals surface area contributed by atoms with Gasteiger partial charge in [-0.15, -0.1) is 0 Å². The lowest BCUT2D eigenvalue weighted by Gasteiger charge is -2.29. The summed E-state index contributed by atoms with van der Waals surface area (Å²) >= 11 is 0. The third-order valence-corrected chi connectivity index (χ3v) is 6.51. The number of carbonyl (C=O) groups excluding carboxylic acids is 4. The van der Waals surface area contributed by atoms with Crippen molar-refractivity contribution in [1.29, 1.82) is 0 Å². The van der Waals surface area contributed by atoms with Crippen LogP contribution in [0.25, 0.3) is 0 Å². The molecule has 1 fully saturated rings. The highest BCUT2D eigenvalue weighted by atomic mass is 19.4. The summed E-state index contributed by atoms with van der Waals surface area (Å²) in [6.07, 6.45) is -5.05. The second-order valence-corrected chi connectivity index (χ2v) is 9.07. The summed E-state index contributed by atoms with van der Waals surface area (Å²) in [5.74, 6) is -6.31. The van der Waals surface area contributed by atoms with Crippen molar-refractivity contribution in [3.05, 3.63) is 54.1 Å². The number of esters is 2. The molecular weight excluding hydrogens is 491 g/mol. The number of halogens is 3. The number of ether oxygens (including phenoxy) is 2. The van der Waals surface area contributed by atoms with Crippen molar-refractivity contribution in [3.63, 3.8) is 0 Å². The topological polar surface area (TPSA) is 90.0 Å². The molecule has 1 saturated heterocycles. The molecule has 2 aromatic rings. The monoisotopic (exact) mass is 519 g/mol. The minimum atomic E-state index is -4.48. The second-order valence-electron chi connectivity index (χ2n) is 9.07.